The van der Waals surface area contributed by atoms with E-state index in [0.717, 1.165) is 43.2 Å². The lowest BCUT2D eigenvalue weighted by Crippen LogP contribution is -2.44. The number of anilines is 3. The van der Waals surface area contributed by atoms with Crippen molar-refractivity contribution in [1.29, 1.82) is 0 Å². The van der Waals surface area contributed by atoms with Crippen LogP contribution in [0.25, 0.3) is 10.6 Å². The van der Waals surface area contributed by atoms with Crippen LogP contribution in [0.5, 0.6) is 0 Å². The molecule has 3 aromatic rings. The molecular formula is C24H24ClF3N6O2S2. The predicted molar refractivity (Wildman–Crippen MR) is 143 cm³/mol. The molecule has 1 atom stereocenters. The topological polar surface area (TPSA) is 81.7 Å². The number of fused-ring (bicyclic) bond motifs is 1. The van der Waals surface area contributed by atoms with E-state index in [2.05, 4.69) is 32.1 Å². The van der Waals surface area contributed by atoms with Crippen LogP contribution in [0.2, 0.25) is 5.02 Å². The average molecular weight is 585 g/mol. The molecule has 14 heteroatoms. The van der Waals surface area contributed by atoms with Gasteiger partial charge in [-0.25, -0.2) is 9.97 Å². The molecule has 38 heavy (non-hydrogen) atoms. The molecule has 1 unspecified atom stereocenters. The Kier molecular flexibility index (Phi) is 7.37. The molecule has 2 aliphatic rings. The number of halogens is 4. The quantitative estimate of drug-likeness (QED) is 0.481. The third-order valence-corrected chi connectivity index (χ3v) is 9.43. The van der Waals surface area contributed by atoms with Crippen molar-refractivity contribution in [2.75, 3.05) is 62.8 Å². The smallest absolute Gasteiger partial charge is 0.369 e. The van der Waals surface area contributed by atoms with Crippen molar-refractivity contribution in [2.24, 2.45) is 0 Å². The summed E-state index contributed by atoms with van der Waals surface area (Å²) in [4.78, 5) is 27.1. The van der Waals surface area contributed by atoms with E-state index in [1.165, 1.54) is 11.0 Å². The monoisotopic (exact) mass is 584 g/mol. The maximum Gasteiger partial charge on any atom is 0.420 e. The van der Waals surface area contributed by atoms with Gasteiger partial charge in [0.25, 0.3) is 5.91 Å². The normalized spacial score (nSPS) is 18.9. The number of alkyl halides is 3. The predicted octanol–water partition coefficient (Wildman–Crippen LogP) is 4.57. The van der Waals surface area contributed by atoms with Crippen molar-refractivity contribution in [3.05, 3.63) is 45.9 Å². The molecule has 1 aromatic carbocycles. The van der Waals surface area contributed by atoms with Gasteiger partial charge >= 0.3 is 6.18 Å². The van der Waals surface area contributed by atoms with Crippen molar-refractivity contribution in [2.45, 2.75) is 11.1 Å². The van der Waals surface area contributed by atoms with Gasteiger partial charge in [0.2, 0.25) is 5.95 Å². The average Bonchev–Trinajstić information content (AvgIpc) is 3.29. The number of likely N-dealkylation sites (N-methyl/N-ethyl adjacent to an activating group) is 1. The molecule has 1 N–H and O–H groups in total. The summed E-state index contributed by atoms with van der Waals surface area (Å²) in [6.07, 6.45) is -4.04. The first-order valence-corrected chi connectivity index (χ1v) is 14.2. The molecule has 2 aliphatic heterocycles. The van der Waals surface area contributed by atoms with E-state index in [1.807, 2.05) is 6.07 Å². The van der Waals surface area contributed by atoms with Crippen molar-refractivity contribution in [3.63, 3.8) is 0 Å². The summed E-state index contributed by atoms with van der Waals surface area (Å²) in [5.74, 6) is -0.262. The Morgan fingerprint density at radius 3 is 2.53 bits per heavy atom. The second-order valence-electron chi connectivity index (χ2n) is 9.11. The van der Waals surface area contributed by atoms with E-state index in [1.54, 1.807) is 19.2 Å². The molecule has 1 saturated heterocycles. The minimum atomic E-state index is -4.74. The second-order valence-corrected chi connectivity index (χ2v) is 12.1. The van der Waals surface area contributed by atoms with E-state index >= 15 is 0 Å². The van der Waals surface area contributed by atoms with Crippen molar-refractivity contribution >= 4 is 57.0 Å². The van der Waals surface area contributed by atoms with E-state index in [-0.39, 0.29) is 32.3 Å². The first kappa shape index (κ1) is 26.9. The lowest BCUT2D eigenvalue weighted by molar-refractivity contribution is -0.137. The number of benzene rings is 1. The van der Waals surface area contributed by atoms with Gasteiger partial charge in [-0.2, -0.15) is 13.2 Å². The van der Waals surface area contributed by atoms with Crippen LogP contribution in [-0.4, -0.2) is 82.5 Å². The Morgan fingerprint density at radius 1 is 1.11 bits per heavy atom. The first-order chi connectivity index (χ1) is 18.0. The summed E-state index contributed by atoms with van der Waals surface area (Å²) in [7, 11) is 2.12. The number of piperazine rings is 1. The van der Waals surface area contributed by atoms with Crippen LogP contribution < -0.4 is 10.2 Å². The summed E-state index contributed by atoms with van der Waals surface area (Å²) in [5.41, 5.74) is -0.0613. The van der Waals surface area contributed by atoms with Gasteiger partial charge in [-0.15, -0.1) is 11.3 Å². The molecule has 0 bridgehead atoms. The Bertz CT molecular complexity index is 1410. The maximum absolute atomic E-state index is 13.9. The maximum atomic E-state index is 13.9. The largest absolute Gasteiger partial charge is 0.420 e. The standard InChI is InChI=1S/C24H24ClF3N6O2S2/c1-32-5-7-34(8-6-32)14-3-4-17(16(25)11-14)30-23-29-13-15(24(26,27)28)20(31-23)18-12-19-21(37-18)22(35)33(2)9-10-38(19)36/h3-4,11-13H,5-10H2,1-2H3,(H,29,30,31). The van der Waals surface area contributed by atoms with E-state index in [9.17, 15) is 22.2 Å². The zero-order valence-corrected chi connectivity index (χ0v) is 22.9. The van der Waals surface area contributed by atoms with Gasteiger partial charge in [0, 0.05) is 57.4 Å². The zero-order valence-electron chi connectivity index (χ0n) is 20.5. The number of hydrogen-bond donors (Lipinski definition) is 1. The highest BCUT2D eigenvalue weighted by Gasteiger charge is 2.37. The van der Waals surface area contributed by atoms with E-state index < -0.39 is 28.2 Å². The lowest BCUT2D eigenvalue weighted by atomic mass is 10.2. The van der Waals surface area contributed by atoms with Crippen LogP contribution in [0.4, 0.5) is 30.5 Å². The number of amides is 1. The number of aromatic nitrogens is 2. The van der Waals surface area contributed by atoms with Gasteiger partial charge in [0.05, 0.1) is 37.0 Å². The fourth-order valence-corrected chi connectivity index (χ4v) is 7.19. The van der Waals surface area contributed by atoms with Gasteiger partial charge < -0.3 is 20.0 Å². The summed E-state index contributed by atoms with van der Waals surface area (Å²) >= 11 is 7.36. The third kappa shape index (κ3) is 5.37. The van der Waals surface area contributed by atoms with Crippen LogP contribution in [-0.2, 0) is 17.0 Å². The van der Waals surface area contributed by atoms with Gasteiger partial charge in [-0.1, -0.05) is 11.6 Å². The summed E-state index contributed by atoms with van der Waals surface area (Å²) in [6.45, 7) is 3.88. The van der Waals surface area contributed by atoms with Crippen LogP contribution >= 0.6 is 22.9 Å². The van der Waals surface area contributed by atoms with Crippen molar-refractivity contribution in [1.82, 2.24) is 19.8 Å². The number of carbonyl (C=O) groups is 1. The minimum Gasteiger partial charge on any atom is -0.369 e. The highest BCUT2D eigenvalue weighted by molar-refractivity contribution is 7.85. The lowest BCUT2D eigenvalue weighted by Gasteiger charge is -2.34. The number of nitrogens with one attached hydrogen (secondary N) is 1. The molecule has 0 saturated carbocycles. The Hall–Kier alpha value is -2.74. The SMILES string of the molecule is CN1CCN(c2ccc(Nc3ncc(C(F)(F)F)c(-c4cc5c(s4)C(=O)N(C)CCS5=O)n3)c(Cl)c2)CC1. The van der Waals surface area contributed by atoms with E-state index in [0.29, 0.717) is 23.5 Å². The fraction of sp³-hybridized carbons (Fsp3) is 0.375. The van der Waals surface area contributed by atoms with Gasteiger partial charge in [0.15, 0.2) is 0 Å². The van der Waals surface area contributed by atoms with Crippen molar-refractivity contribution < 1.29 is 22.2 Å². The molecule has 4 heterocycles. The fourth-order valence-electron chi connectivity index (χ4n) is 4.24. The molecule has 1 fully saturated rings. The highest BCUT2D eigenvalue weighted by atomic mass is 35.5. The Morgan fingerprint density at radius 2 is 1.84 bits per heavy atom. The van der Waals surface area contributed by atoms with Crippen molar-refractivity contribution in [3.8, 4) is 10.6 Å². The third-order valence-electron chi connectivity index (χ3n) is 6.49. The number of nitrogens with zero attached hydrogens (tertiary/aromatic N) is 5. The van der Waals surface area contributed by atoms with Crippen LogP contribution in [0.1, 0.15) is 15.2 Å². The molecule has 2 aromatic heterocycles. The van der Waals surface area contributed by atoms with Gasteiger partial charge in [0.1, 0.15) is 10.4 Å². The number of carbonyl (C=O) groups excluding carboxylic acids is 1. The summed E-state index contributed by atoms with van der Waals surface area (Å²) in [5, 5.41) is 3.29. The molecule has 8 nitrogen and oxygen atoms in total. The Labute approximate surface area is 228 Å². The number of hydrogen-bond acceptors (Lipinski definition) is 8. The molecule has 0 aliphatic carbocycles. The molecule has 1 amide bonds. The molecule has 0 spiro atoms. The zero-order chi connectivity index (χ0) is 27.2. The van der Waals surface area contributed by atoms with Crippen LogP contribution in [0.15, 0.2) is 35.4 Å². The summed E-state index contributed by atoms with van der Waals surface area (Å²) < 4.78 is 54.4. The summed E-state index contributed by atoms with van der Waals surface area (Å²) in [6, 6.07) is 6.79. The first-order valence-electron chi connectivity index (χ1n) is 11.7. The second kappa shape index (κ2) is 10.4. The Balaban J connectivity index is 1.48. The molecule has 0 radical (unpaired) electrons. The number of rotatable bonds is 4. The van der Waals surface area contributed by atoms with Crippen LogP contribution in [0.3, 0.4) is 0 Å². The van der Waals surface area contributed by atoms with Crippen LogP contribution in [0, 0.1) is 0 Å². The molecule has 202 valence electrons. The van der Waals surface area contributed by atoms with E-state index in [4.69, 9.17) is 11.6 Å². The molecular weight excluding hydrogens is 561 g/mol. The highest BCUT2D eigenvalue weighted by Crippen LogP contribution is 2.41. The number of thiophene rings is 1. The van der Waals surface area contributed by atoms with Gasteiger partial charge in [-0.3, -0.25) is 9.00 Å². The van der Waals surface area contributed by atoms with Gasteiger partial charge in [-0.05, 0) is 31.3 Å². The minimum absolute atomic E-state index is 0.0845. The molecule has 5 rings (SSSR count).